The van der Waals surface area contributed by atoms with Crippen LogP contribution in [0.3, 0.4) is 0 Å². The molecule has 0 aliphatic heterocycles. The summed E-state index contributed by atoms with van der Waals surface area (Å²) < 4.78 is 1.78. The smallest absolute Gasteiger partial charge is 0.251 e. The van der Waals surface area contributed by atoms with Gasteiger partial charge in [0, 0.05) is 23.3 Å². The first-order chi connectivity index (χ1) is 16.1. The van der Waals surface area contributed by atoms with Crippen molar-refractivity contribution in [2.45, 2.75) is 32.0 Å². The Balaban J connectivity index is 1.68. The Labute approximate surface area is 217 Å². The van der Waals surface area contributed by atoms with Crippen molar-refractivity contribution in [2.75, 3.05) is 11.1 Å². The minimum atomic E-state index is -0.403. The maximum atomic E-state index is 12.8. The van der Waals surface area contributed by atoms with Crippen LogP contribution in [0.25, 0.3) is 0 Å². The molecule has 180 valence electrons. The number of aryl methyl sites for hydroxylation is 1. The third-order valence-electron chi connectivity index (χ3n) is 5.08. The largest absolute Gasteiger partial charge is 0.342 e. The monoisotopic (exact) mass is 539 g/mol. The standard InChI is InChI=1S/C23H24Cl3N5O2S/c1-12(2)20(28-22(33)14-5-7-16(25)17(26)10-14)21-29-30-23(31(21)4)34-11-19(32)27-18-8-6-15(24)9-13(18)3/h5-10,12,20H,11H2,1-4H3,(H,27,32)(H,28,33)/t20-/m0/s1. The van der Waals surface area contributed by atoms with E-state index in [4.69, 9.17) is 34.8 Å². The highest BCUT2D eigenvalue weighted by Crippen LogP contribution is 2.27. The number of aromatic nitrogens is 3. The van der Waals surface area contributed by atoms with Gasteiger partial charge in [-0.25, -0.2) is 0 Å². The van der Waals surface area contributed by atoms with Gasteiger partial charge in [-0.15, -0.1) is 10.2 Å². The van der Waals surface area contributed by atoms with Crippen molar-refractivity contribution in [1.82, 2.24) is 20.1 Å². The van der Waals surface area contributed by atoms with Crippen molar-refractivity contribution in [1.29, 1.82) is 0 Å². The summed E-state index contributed by atoms with van der Waals surface area (Å²) >= 11 is 19.2. The van der Waals surface area contributed by atoms with Crippen molar-refractivity contribution < 1.29 is 9.59 Å². The molecule has 3 rings (SSSR count). The fraction of sp³-hybridized carbons (Fsp3) is 0.304. The van der Waals surface area contributed by atoms with Crippen LogP contribution in [0.4, 0.5) is 5.69 Å². The van der Waals surface area contributed by atoms with Crippen molar-refractivity contribution in [3.05, 3.63) is 68.4 Å². The molecule has 0 aliphatic carbocycles. The second kappa shape index (κ2) is 11.4. The number of amides is 2. The molecule has 1 atom stereocenters. The van der Waals surface area contributed by atoms with Crippen LogP contribution in [-0.2, 0) is 11.8 Å². The molecular weight excluding hydrogens is 517 g/mol. The van der Waals surface area contributed by atoms with Crippen LogP contribution in [0.1, 0.15) is 41.6 Å². The molecule has 11 heteroatoms. The van der Waals surface area contributed by atoms with E-state index in [-0.39, 0.29) is 23.5 Å². The summed E-state index contributed by atoms with van der Waals surface area (Å²) in [5, 5.41) is 16.2. The molecule has 0 radical (unpaired) electrons. The van der Waals surface area contributed by atoms with Gasteiger partial charge < -0.3 is 15.2 Å². The minimum absolute atomic E-state index is 0.0312. The average molecular weight is 541 g/mol. The fourth-order valence-corrected chi connectivity index (χ4v) is 4.44. The van der Waals surface area contributed by atoms with Gasteiger partial charge in [0.1, 0.15) is 0 Å². The first-order valence-electron chi connectivity index (χ1n) is 10.4. The number of nitrogens with zero attached hydrogens (tertiary/aromatic N) is 3. The predicted molar refractivity (Wildman–Crippen MR) is 138 cm³/mol. The summed E-state index contributed by atoms with van der Waals surface area (Å²) in [7, 11) is 1.81. The van der Waals surface area contributed by atoms with Crippen LogP contribution < -0.4 is 10.6 Å². The Morgan fingerprint density at radius 2 is 1.79 bits per heavy atom. The second-order valence-corrected chi connectivity index (χ2v) is 10.2. The van der Waals surface area contributed by atoms with Gasteiger partial charge in [-0.1, -0.05) is 60.4 Å². The third kappa shape index (κ3) is 6.44. The van der Waals surface area contributed by atoms with E-state index < -0.39 is 6.04 Å². The normalized spacial score (nSPS) is 12.0. The van der Waals surface area contributed by atoms with E-state index in [1.165, 1.54) is 17.8 Å². The zero-order valence-corrected chi connectivity index (χ0v) is 22.1. The molecule has 2 amide bonds. The first kappa shape index (κ1) is 26.3. The van der Waals surface area contributed by atoms with E-state index in [0.29, 0.717) is 37.3 Å². The summed E-state index contributed by atoms with van der Waals surface area (Å²) in [4.78, 5) is 25.3. The van der Waals surface area contributed by atoms with Crippen LogP contribution >= 0.6 is 46.6 Å². The van der Waals surface area contributed by atoms with E-state index >= 15 is 0 Å². The molecule has 1 aromatic heterocycles. The first-order valence-corrected chi connectivity index (χ1v) is 12.5. The number of nitrogens with one attached hydrogen (secondary N) is 2. The molecule has 2 N–H and O–H groups in total. The Hall–Kier alpha value is -2.26. The van der Waals surface area contributed by atoms with E-state index in [9.17, 15) is 9.59 Å². The number of carbonyl (C=O) groups is 2. The van der Waals surface area contributed by atoms with Gasteiger partial charge in [-0.2, -0.15) is 0 Å². The number of halogens is 3. The van der Waals surface area contributed by atoms with E-state index in [1.807, 2.05) is 20.8 Å². The van der Waals surface area contributed by atoms with E-state index in [2.05, 4.69) is 20.8 Å². The van der Waals surface area contributed by atoms with E-state index in [1.54, 1.807) is 41.9 Å². The van der Waals surface area contributed by atoms with Gasteiger partial charge in [-0.3, -0.25) is 9.59 Å². The van der Waals surface area contributed by atoms with E-state index in [0.717, 1.165) is 5.56 Å². The van der Waals surface area contributed by atoms with Gasteiger partial charge >= 0.3 is 0 Å². The lowest BCUT2D eigenvalue weighted by molar-refractivity contribution is -0.113. The molecule has 0 fully saturated rings. The minimum Gasteiger partial charge on any atom is -0.342 e. The van der Waals surface area contributed by atoms with Crippen LogP contribution in [0.5, 0.6) is 0 Å². The quantitative estimate of drug-likeness (QED) is 0.345. The summed E-state index contributed by atoms with van der Waals surface area (Å²) in [6.45, 7) is 5.83. The Kier molecular flexibility index (Phi) is 8.87. The Bertz CT molecular complexity index is 1220. The molecule has 34 heavy (non-hydrogen) atoms. The van der Waals surface area contributed by atoms with Gasteiger partial charge in [0.05, 0.1) is 21.8 Å². The summed E-state index contributed by atoms with van der Waals surface area (Å²) in [6.07, 6.45) is 0. The molecular formula is C23H24Cl3N5O2S. The number of hydrogen-bond donors (Lipinski definition) is 2. The number of thioether (sulfide) groups is 1. The molecule has 0 bridgehead atoms. The molecule has 1 heterocycles. The number of rotatable bonds is 8. The zero-order valence-electron chi connectivity index (χ0n) is 19.0. The lowest BCUT2D eigenvalue weighted by atomic mass is 10.0. The lowest BCUT2D eigenvalue weighted by Gasteiger charge is -2.22. The van der Waals surface area contributed by atoms with Crippen LogP contribution in [0.15, 0.2) is 41.6 Å². The molecule has 7 nitrogen and oxygen atoms in total. The maximum absolute atomic E-state index is 12.8. The molecule has 2 aromatic carbocycles. The maximum Gasteiger partial charge on any atom is 0.251 e. The number of anilines is 1. The third-order valence-corrected chi connectivity index (χ3v) is 7.07. The van der Waals surface area contributed by atoms with Gasteiger partial charge in [0.25, 0.3) is 5.91 Å². The number of benzene rings is 2. The fourth-order valence-electron chi connectivity index (χ4n) is 3.20. The topological polar surface area (TPSA) is 88.9 Å². The molecule has 0 aliphatic rings. The van der Waals surface area contributed by atoms with Gasteiger partial charge in [-0.05, 0) is 54.8 Å². The highest BCUT2D eigenvalue weighted by Gasteiger charge is 2.25. The van der Waals surface area contributed by atoms with Crippen molar-refractivity contribution in [2.24, 2.45) is 13.0 Å². The lowest BCUT2D eigenvalue weighted by Crippen LogP contribution is -2.33. The molecule has 0 saturated heterocycles. The van der Waals surface area contributed by atoms with Crippen LogP contribution in [0.2, 0.25) is 15.1 Å². The summed E-state index contributed by atoms with van der Waals surface area (Å²) in [5.74, 6) is 0.291. The SMILES string of the molecule is Cc1cc(Cl)ccc1NC(=O)CSc1nnc([C@@H](NC(=O)c2ccc(Cl)c(Cl)c2)C(C)C)n1C. The van der Waals surface area contributed by atoms with Crippen LogP contribution in [-0.4, -0.2) is 32.3 Å². The average Bonchev–Trinajstić information content (AvgIpc) is 3.14. The van der Waals surface area contributed by atoms with Crippen molar-refractivity contribution in [3.8, 4) is 0 Å². The molecule has 0 spiro atoms. The molecule has 3 aromatic rings. The van der Waals surface area contributed by atoms with Crippen LogP contribution in [0, 0.1) is 12.8 Å². The summed E-state index contributed by atoms with van der Waals surface area (Å²) in [6, 6.07) is 9.60. The second-order valence-electron chi connectivity index (χ2n) is 8.02. The number of carbonyl (C=O) groups excluding carboxylic acids is 2. The highest BCUT2D eigenvalue weighted by molar-refractivity contribution is 7.99. The Morgan fingerprint density at radius 1 is 1.06 bits per heavy atom. The highest BCUT2D eigenvalue weighted by atomic mass is 35.5. The predicted octanol–water partition coefficient (Wildman–Crippen LogP) is 5.94. The van der Waals surface area contributed by atoms with Gasteiger partial charge in [0.2, 0.25) is 5.91 Å². The summed E-state index contributed by atoms with van der Waals surface area (Å²) in [5.41, 5.74) is 1.98. The zero-order chi connectivity index (χ0) is 25.0. The van der Waals surface area contributed by atoms with Crippen molar-refractivity contribution in [3.63, 3.8) is 0 Å². The number of hydrogen-bond acceptors (Lipinski definition) is 5. The molecule has 0 unspecified atom stereocenters. The Morgan fingerprint density at radius 3 is 2.44 bits per heavy atom. The molecule has 0 saturated carbocycles. The van der Waals surface area contributed by atoms with Crippen molar-refractivity contribution >= 4 is 64.1 Å². The van der Waals surface area contributed by atoms with Gasteiger partial charge in [0.15, 0.2) is 11.0 Å².